The van der Waals surface area contributed by atoms with Gasteiger partial charge in [-0.2, -0.15) is 0 Å². The first kappa shape index (κ1) is 29.0. The summed E-state index contributed by atoms with van der Waals surface area (Å²) in [6.07, 6.45) is 28.6. The molecule has 0 spiro atoms. The van der Waals surface area contributed by atoms with Crippen molar-refractivity contribution in [3.05, 3.63) is 0 Å². The van der Waals surface area contributed by atoms with Crippen molar-refractivity contribution in [2.75, 3.05) is 13.2 Å². The van der Waals surface area contributed by atoms with Crippen LogP contribution >= 0.6 is 0 Å². The van der Waals surface area contributed by atoms with Crippen LogP contribution in [0.2, 0.25) is 0 Å². The van der Waals surface area contributed by atoms with E-state index >= 15 is 0 Å². The summed E-state index contributed by atoms with van der Waals surface area (Å²) in [6.45, 7) is 11.1. The Kier molecular flexibility index (Phi) is 24.2. The monoisotopic (exact) mass is 410 g/mol. The van der Waals surface area contributed by atoms with E-state index in [9.17, 15) is 0 Å². The third-order valence-electron chi connectivity index (χ3n) is 6.24. The summed E-state index contributed by atoms with van der Waals surface area (Å²) in [6, 6.07) is 0. The van der Waals surface area contributed by atoms with Gasteiger partial charge in [-0.1, -0.05) is 143 Å². The summed E-state index contributed by atoms with van der Waals surface area (Å²) in [7, 11) is 0. The molecule has 0 rings (SSSR count). The molecule has 0 saturated carbocycles. The summed E-state index contributed by atoms with van der Waals surface area (Å²) in [4.78, 5) is 0. The minimum atomic E-state index is 0.663. The van der Waals surface area contributed by atoms with Gasteiger partial charge in [0.1, 0.15) is 0 Å². The number of rotatable bonds is 24. The molecule has 1 nitrogen and oxygen atoms in total. The third kappa shape index (κ3) is 24.1. The van der Waals surface area contributed by atoms with Gasteiger partial charge in [0.05, 0.1) is 0 Å². The highest BCUT2D eigenvalue weighted by Gasteiger charge is 2.09. The molecule has 0 aliphatic rings. The number of ether oxygens (including phenoxy) is 1. The molecule has 0 aromatic rings. The molecule has 0 saturated heterocycles. The number of hydrogen-bond donors (Lipinski definition) is 0. The average molecular weight is 411 g/mol. The Bertz CT molecular complexity index is 286. The van der Waals surface area contributed by atoms with Crippen LogP contribution in [0.25, 0.3) is 0 Å². The molecule has 0 bridgehead atoms. The largest absolute Gasteiger partial charge is 0.381 e. The van der Waals surface area contributed by atoms with Gasteiger partial charge in [-0.15, -0.1) is 0 Å². The summed E-state index contributed by atoms with van der Waals surface area (Å²) in [5.74, 6) is 1.47. The molecule has 0 fully saturated rings. The van der Waals surface area contributed by atoms with Crippen LogP contribution in [0.5, 0.6) is 0 Å². The molecule has 176 valence electrons. The first-order valence-corrected chi connectivity index (χ1v) is 13.8. The second kappa shape index (κ2) is 24.2. The first-order chi connectivity index (χ1) is 14.2. The van der Waals surface area contributed by atoms with Crippen molar-refractivity contribution >= 4 is 0 Å². The van der Waals surface area contributed by atoms with Gasteiger partial charge in [0, 0.05) is 13.2 Å². The van der Waals surface area contributed by atoms with Crippen molar-refractivity contribution in [1.29, 1.82) is 0 Å². The lowest BCUT2D eigenvalue weighted by atomic mass is 9.94. The Morgan fingerprint density at radius 3 is 1.14 bits per heavy atom. The van der Waals surface area contributed by atoms with Crippen molar-refractivity contribution in [2.24, 2.45) is 11.8 Å². The molecule has 0 aromatic carbocycles. The van der Waals surface area contributed by atoms with E-state index in [-0.39, 0.29) is 0 Å². The van der Waals surface area contributed by atoms with E-state index in [2.05, 4.69) is 27.7 Å². The molecule has 0 heterocycles. The second-order valence-corrected chi connectivity index (χ2v) is 10.0. The Balaban J connectivity index is 3.71. The zero-order valence-corrected chi connectivity index (χ0v) is 21.1. The normalized spacial score (nSPS) is 12.7. The molecule has 0 amide bonds. The zero-order valence-electron chi connectivity index (χ0n) is 21.1. The van der Waals surface area contributed by atoms with Crippen LogP contribution in [0.1, 0.15) is 156 Å². The first-order valence-electron chi connectivity index (χ1n) is 13.8. The second-order valence-electron chi connectivity index (χ2n) is 10.0. The SMILES string of the molecule is CCCCCCCCCCCCC(CCCCCCCCCC)COCC(C)C. The molecule has 0 aromatic heterocycles. The van der Waals surface area contributed by atoms with Crippen molar-refractivity contribution in [2.45, 2.75) is 156 Å². The molecule has 0 aliphatic heterocycles. The van der Waals surface area contributed by atoms with Crippen LogP contribution in [0.15, 0.2) is 0 Å². The Labute approximate surface area is 186 Å². The highest BCUT2D eigenvalue weighted by molar-refractivity contribution is 4.61. The predicted octanol–water partition coefficient (Wildman–Crippen LogP) is 10.1. The van der Waals surface area contributed by atoms with Gasteiger partial charge >= 0.3 is 0 Å². The highest BCUT2D eigenvalue weighted by Crippen LogP contribution is 2.20. The summed E-state index contributed by atoms with van der Waals surface area (Å²) >= 11 is 0. The fourth-order valence-corrected chi connectivity index (χ4v) is 4.27. The fourth-order valence-electron chi connectivity index (χ4n) is 4.27. The summed E-state index contributed by atoms with van der Waals surface area (Å²) in [5.41, 5.74) is 0. The molecular formula is C28H58O. The average Bonchev–Trinajstić information content (AvgIpc) is 2.70. The highest BCUT2D eigenvalue weighted by atomic mass is 16.5. The standard InChI is InChI=1S/C28H58O/c1-5-7-9-11-13-15-16-18-20-22-24-28(26-29-25-27(3)4)23-21-19-17-14-12-10-8-6-2/h27-28H,5-26H2,1-4H3. The van der Waals surface area contributed by atoms with Gasteiger partial charge in [0.15, 0.2) is 0 Å². The molecule has 1 atom stereocenters. The molecule has 0 N–H and O–H groups in total. The van der Waals surface area contributed by atoms with E-state index in [1.807, 2.05) is 0 Å². The van der Waals surface area contributed by atoms with Gasteiger partial charge < -0.3 is 4.74 Å². The topological polar surface area (TPSA) is 9.23 Å². The van der Waals surface area contributed by atoms with E-state index in [0.29, 0.717) is 5.92 Å². The lowest BCUT2D eigenvalue weighted by molar-refractivity contribution is 0.0725. The van der Waals surface area contributed by atoms with Crippen LogP contribution in [0, 0.1) is 11.8 Å². The minimum absolute atomic E-state index is 0.663. The number of hydrogen-bond acceptors (Lipinski definition) is 1. The van der Waals surface area contributed by atoms with Crippen molar-refractivity contribution in [3.63, 3.8) is 0 Å². The predicted molar refractivity (Wildman–Crippen MR) is 133 cm³/mol. The van der Waals surface area contributed by atoms with Crippen molar-refractivity contribution < 1.29 is 4.74 Å². The maximum absolute atomic E-state index is 6.02. The third-order valence-corrected chi connectivity index (χ3v) is 6.24. The summed E-state index contributed by atoms with van der Waals surface area (Å²) < 4.78 is 6.02. The maximum atomic E-state index is 6.02. The summed E-state index contributed by atoms with van der Waals surface area (Å²) in [5, 5.41) is 0. The maximum Gasteiger partial charge on any atom is 0.0494 e. The van der Waals surface area contributed by atoms with Crippen LogP contribution < -0.4 is 0 Å². The molecule has 1 heteroatoms. The Morgan fingerprint density at radius 2 is 0.793 bits per heavy atom. The van der Waals surface area contributed by atoms with Crippen LogP contribution in [0.3, 0.4) is 0 Å². The van der Waals surface area contributed by atoms with Crippen molar-refractivity contribution in [1.82, 2.24) is 0 Å². The molecular weight excluding hydrogens is 352 g/mol. The van der Waals surface area contributed by atoms with Gasteiger partial charge in [-0.3, -0.25) is 0 Å². The molecule has 0 radical (unpaired) electrons. The quantitative estimate of drug-likeness (QED) is 0.144. The van der Waals surface area contributed by atoms with E-state index < -0.39 is 0 Å². The van der Waals surface area contributed by atoms with Gasteiger partial charge in [-0.25, -0.2) is 0 Å². The molecule has 29 heavy (non-hydrogen) atoms. The van der Waals surface area contributed by atoms with E-state index in [1.165, 1.54) is 128 Å². The Morgan fingerprint density at radius 1 is 0.448 bits per heavy atom. The van der Waals surface area contributed by atoms with Crippen LogP contribution in [0.4, 0.5) is 0 Å². The van der Waals surface area contributed by atoms with Gasteiger partial charge in [0.25, 0.3) is 0 Å². The zero-order chi connectivity index (χ0) is 21.4. The molecule has 1 unspecified atom stereocenters. The van der Waals surface area contributed by atoms with Crippen molar-refractivity contribution in [3.8, 4) is 0 Å². The Hall–Kier alpha value is -0.0400. The van der Waals surface area contributed by atoms with E-state index in [4.69, 9.17) is 4.74 Å². The number of unbranched alkanes of at least 4 members (excludes halogenated alkanes) is 16. The lowest BCUT2D eigenvalue weighted by Crippen LogP contribution is -2.13. The lowest BCUT2D eigenvalue weighted by Gasteiger charge is -2.18. The smallest absolute Gasteiger partial charge is 0.0494 e. The van der Waals surface area contributed by atoms with Gasteiger partial charge in [-0.05, 0) is 24.7 Å². The van der Waals surface area contributed by atoms with Gasteiger partial charge in [0.2, 0.25) is 0 Å². The van der Waals surface area contributed by atoms with Crippen LogP contribution in [-0.4, -0.2) is 13.2 Å². The molecule has 0 aliphatic carbocycles. The fraction of sp³-hybridized carbons (Fsp3) is 1.00. The van der Waals surface area contributed by atoms with E-state index in [1.54, 1.807) is 0 Å². The van der Waals surface area contributed by atoms with Crippen LogP contribution in [-0.2, 0) is 4.74 Å². The minimum Gasteiger partial charge on any atom is -0.381 e. The van der Waals surface area contributed by atoms with E-state index in [0.717, 1.165) is 19.1 Å².